The molecule has 1 N–H and O–H groups in total. The summed E-state index contributed by atoms with van der Waals surface area (Å²) < 4.78 is 11.8. The van der Waals surface area contributed by atoms with Crippen molar-refractivity contribution in [2.24, 2.45) is 0 Å². The van der Waals surface area contributed by atoms with Crippen molar-refractivity contribution in [3.05, 3.63) is 71.8 Å². The molecule has 0 amide bonds. The van der Waals surface area contributed by atoms with Crippen LogP contribution in [0.5, 0.6) is 0 Å². The van der Waals surface area contributed by atoms with Crippen molar-refractivity contribution in [3.63, 3.8) is 0 Å². The van der Waals surface area contributed by atoms with Crippen LogP contribution in [0.1, 0.15) is 17.5 Å². The molecule has 0 bridgehead atoms. The first-order valence-corrected chi connectivity index (χ1v) is 7.91. The van der Waals surface area contributed by atoms with Crippen LogP contribution in [-0.2, 0) is 22.7 Å². The number of rotatable bonds is 7. The van der Waals surface area contributed by atoms with E-state index in [1.165, 1.54) is 11.1 Å². The van der Waals surface area contributed by atoms with Crippen LogP contribution in [0.3, 0.4) is 0 Å². The molecule has 0 aromatic heterocycles. The molecule has 0 unspecified atom stereocenters. The van der Waals surface area contributed by atoms with E-state index < -0.39 is 0 Å². The molecule has 1 aliphatic heterocycles. The van der Waals surface area contributed by atoms with Gasteiger partial charge in [-0.05, 0) is 17.5 Å². The van der Waals surface area contributed by atoms with Gasteiger partial charge in [-0.25, -0.2) is 0 Å². The van der Waals surface area contributed by atoms with Gasteiger partial charge in [0.25, 0.3) is 0 Å². The average molecular weight is 297 g/mol. The fourth-order valence-electron chi connectivity index (χ4n) is 2.72. The third kappa shape index (κ3) is 4.67. The predicted octanol–water partition coefficient (Wildman–Crippen LogP) is 3.15. The second-order valence-corrected chi connectivity index (χ2v) is 5.76. The van der Waals surface area contributed by atoms with Crippen molar-refractivity contribution in [1.82, 2.24) is 5.32 Å². The fourth-order valence-corrected chi connectivity index (χ4v) is 2.72. The van der Waals surface area contributed by atoms with Crippen molar-refractivity contribution in [3.8, 4) is 0 Å². The Hall–Kier alpha value is -1.68. The van der Waals surface area contributed by atoms with Gasteiger partial charge in [0.2, 0.25) is 0 Å². The maximum atomic E-state index is 5.97. The molecule has 2 atom stereocenters. The summed E-state index contributed by atoms with van der Waals surface area (Å²) >= 11 is 0. The van der Waals surface area contributed by atoms with Gasteiger partial charge in [0.15, 0.2) is 0 Å². The summed E-state index contributed by atoms with van der Waals surface area (Å²) in [6.45, 7) is 3.01. The summed E-state index contributed by atoms with van der Waals surface area (Å²) in [5.41, 5.74) is 2.45. The molecule has 0 saturated carbocycles. The molecule has 1 heterocycles. The molecule has 0 aliphatic carbocycles. The maximum absolute atomic E-state index is 5.97. The molecule has 2 aromatic rings. The van der Waals surface area contributed by atoms with Gasteiger partial charge in [0.05, 0.1) is 25.9 Å². The second-order valence-electron chi connectivity index (χ2n) is 5.76. The number of hydrogen-bond donors (Lipinski definition) is 1. The quantitative estimate of drug-likeness (QED) is 0.851. The van der Waals surface area contributed by atoms with Crippen molar-refractivity contribution in [2.75, 3.05) is 13.2 Å². The van der Waals surface area contributed by atoms with E-state index in [9.17, 15) is 0 Å². The van der Waals surface area contributed by atoms with E-state index >= 15 is 0 Å². The molecule has 1 aliphatic rings. The molecule has 3 nitrogen and oxygen atoms in total. The van der Waals surface area contributed by atoms with Crippen LogP contribution in [0.15, 0.2) is 60.7 Å². The molecule has 116 valence electrons. The van der Waals surface area contributed by atoms with Crippen LogP contribution in [0.25, 0.3) is 0 Å². The van der Waals surface area contributed by atoms with Gasteiger partial charge in [-0.3, -0.25) is 0 Å². The summed E-state index contributed by atoms with van der Waals surface area (Å²) in [6.07, 6.45) is 1.30. The number of nitrogens with one attached hydrogen (secondary N) is 1. The number of hydrogen-bond acceptors (Lipinski definition) is 3. The Bertz CT molecular complexity index is 544. The Labute approximate surface area is 132 Å². The third-order valence-electron chi connectivity index (χ3n) is 3.94. The summed E-state index contributed by atoms with van der Waals surface area (Å²) in [6, 6.07) is 21.0. The molecule has 2 aromatic carbocycles. The molecule has 1 saturated heterocycles. The topological polar surface area (TPSA) is 30.5 Å². The smallest absolute Gasteiger partial charge is 0.0721 e. The Morgan fingerprint density at radius 1 is 0.864 bits per heavy atom. The highest BCUT2D eigenvalue weighted by Gasteiger charge is 2.24. The Morgan fingerprint density at radius 2 is 1.50 bits per heavy atom. The minimum absolute atomic E-state index is 0.283. The maximum Gasteiger partial charge on any atom is 0.0721 e. The molecule has 0 radical (unpaired) electrons. The Balaban J connectivity index is 1.34. The highest BCUT2D eigenvalue weighted by Crippen LogP contribution is 2.14. The minimum atomic E-state index is 0.283. The van der Waals surface area contributed by atoms with Crippen LogP contribution in [0.4, 0.5) is 0 Å². The van der Waals surface area contributed by atoms with Gasteiger partial charge < -0.3 is 14.8 Å². The second kappa shape index (κ2) is 8.08. The first kappa shape index (κ1) is 15.2. The van der Waals surface area contributed by atoms with Crippen LogP contribution in [-0.4, -0.2) is 25.3 Å². The standard InChI is InChI=1S/C19H23NO2/c1-3-7-16(8-4-1)13-21-15-18-11-19(12-20-18)22-14-17-9-5-2-6-10-17/h1-10,18-20H,11-15H2/t18-,19+/m0/s1. The highest BCUT2D eigenvalue weighted by atomic mass is 16.5. The van der Waals surface area contributed by atoms with E-state index in [4.69, 9.17) is 9.47 Å². The van der Waals surface area contributed by atoms with Crippen molar-refractivity contribution >= 4 is 0 Å². The lowest BCUT2D eigenvalue weighted by molar-refractivity contribution is 0.0472. The number of ether oxygens (including phenoxy) is 2. The summed E-state index contributed by atoms with van der Waals surface area (Å²) in [7, 11) is 0. The molecule has 3 rings (SSSR count). The summed E-state index contributed by atoms with van der Waals surface area (Å²) in [4.78, 5) is 0. The van der Waals surface area contributed by atoms with Gasteiger partial charge in [0, 0.05) is 12.6 Å². The molecular weight excluding hydrogens is 274 g/mol. The zero-order valence-electron chi connectivity index (χ0n) is 12.8. The van der Waals surface area contributed by atoms with Crippen molar-refractivity contribution in [1.29, 1.82) is 0 Å². The molecule has 0 spiro atoms. The summed E-state index contributed by atoms with van der Waals surface area (Å²) in [5.74, 6) is 0. The molecule has 22 heavy (non-hydrogen) atoms. The molecular formula is C19H23NO2. The monoisotopic (exact) mass is 297 g/mol. The average Bonchev–Trinajstić information content (AvgIpc) is 3.03. The van der Waals surface area contributed by atoms with Gasteiger partial charge in [-0.2, -0.15) is 0 Å². The largest absolute Gasteiger partial charge is 0.375 e. The lowest BCUT2D eigenvalue weighted by atomic mass is 10.2. The van der Waals surface area contributed by atoms with E-state index in [2.05, 4.69) is 29.6 Å². The SMILES string of the molecule is c1ccc(COC[C@@H]2C[C@@H](OCc3ccccc3)CN2)cc1. The van der Waals surface area contributed by atoms with E-state index in [0.29, 0.717) is 19.3 Å². The first-order valence-electron chi connectivity index (χ1n) is 7.91. The first-order chi connectivity index (χ1) is 10.9. The van der Waals surface area contributed by atoms with E-state index in [0.717, 1.165) is 19.6 Å². The lowest BCUT2D eigenvalue weighted by Gasteiger charge is -2.12. The normalized spacial score (nSPS) is 21.1. The van der Waals surface area contributed by atoms with Crippen LogP contribution in [0, 0.1) is 0 Å². The summed E-state index contributed by atoms with van der Waals surface area (Å²) in [5, 5.41) is 3.48. The zero-order valence-corrected chi connectivity index (χ0v) is 12.8. The third-order valence-corrected chi connectivity index (χ3v) is 3.94. The van der Waals surface area contributed by atoms with Gasteiger partial charge in [0.1, 0.15) is 0 Å². The lowest BCUT2D eigenvalue weighted by Crippen LogP contribution is -2.26. The Morgan fingerprint density at radius 3 is 2.18 bits per heavy atom. The van der Waals surface area contributed by atoms with Crippen molar-refractivity contribution in [2.45, 2.75) is 31.8 Å². The zero-order chi connectivity index (χ0) is 15.0. The van der Waals surface area contributed by atoms with E-state index in [1.807, 2.05) is 36.4 Å². The minimum Gasteiger partial charge on any atom is -0.375 e. The van der Waals surface area contributed by atoms with Crippen LogP contribution < -0.4 is 5.32 Å². The van der Waals surface area contributed by atoms with Gasteiger partial charge in [-0.15, -0.1) is 0 Å². The highest BCUT2D eigenvalue weighted by molar-refractivity contribution is 5.14. The molecule has 1 fully saturated rings. The predicted molar refractivity (Wildman–Crippen MR) is 87.5 cm³/mol. The fraction of sp³-hybridized carbons (Fsp3) is 0.368. The van der Waals surface area contributed by atoms with Gasteiger partial charge >= 0.3 is 0 Å². The van der Waals surface area contributed by atoms with E-state index in [1.54, 1.807) is 0 Å². The van der Waals surface area contributed by atoms with Crippen molar-refractivity contribution < 1.29 is 9.47 Å². The van der Waals surface area contributed by atoms with Crippen LogP contribution in [0.2, 0.25) is 0 Å². The van der Waals surface area contributed by atoms with E-state index in [-0.39, 0.29) is 6.10 Å². The Kier molecular flexibility index (Phi) is 5.59. The molecule has 3 heteroatoms. The number of benzene rings is 2. The van der Waals surface area contributed by atoms with Gasteiger partial charge in [-0.1, -0.05) is 60.7 Å². The van der Waals surface area contributed by atoms with Crippen LogP contribution >= 0.6 is 0 Å².